The molecule has 1 amide bonds. The first kappa shape index (κ1) is 27.9. The van der Waals surface area contributed by atoms with Crippen molar-refractivity contribution in [3.05, 3.63) is 76.8 Å². The minimum atomic E-state index is -4.58. The Labute approximate surface area is 232 Å². The lowest BCUT2D eigenvalue weighted by Gasteiger charge is -2.56. The average molecular weight is 572 g/mol. The van der Waals surface area contributed by atoms with Crippen LogP contribution in [0.1, 0.15) is 39.2 Å². The summed E-state index contributed by atoms with van der Waals surface area (Å²) in [6, 6.07) is 16.2. The fraction of sp³-hybridized carbons (Fsp3) is 0.345. The van der Waals surface area contributed by atoms with Gasteiger partial charge in [0, 0.05) is 28.8 Å². The van der Waals surface area contributed by atoms with Crippen LogP contribution in [0.25, 0.3) is 31.8 Å². The Morgan fingerprint density at radius 1 is 1.07 bits per heavy atom. The summed E-state index contributed by atoms with van der Waals surface area (Å²) < 4.78 is 40.0. The van der Waals surface area contributed by atoms with Crippen LogP contribution in [0.15, 0.2) is 65.7 Å². The van der Waals surface area contributed by atoms with Crippen LogP contribution in [0.4, 0.5) is 18.0 Å². The van der Waals surface area contributed by atoms with Crippen molar-refractivity contribution in [3.8, 4) is 21.6 Å². The summed E-state index contributed by atoms with van der Waals surface area (Å²) in [6.07, 6.45) is -4.84. The standard InChI is InChI=1S/C29H28F3N3O4S/c1-27(2,3)35(26(38)39)28(13-20(36)14-28)19-11-9-18(10-12-19)23-21(17-7-5-4-6-8-17)22-24(40-23)33-16-34(25(22)37)15-29(30,31)32/h4-12,16,20,36H,13-15H2,1-3H3,(H,38,39)/t20-,28-. The maximum absolute atomic E-state index is 13.3. The van der Waals surface area contributed by atoms with Gasteiger partial charge in [-0.3, -0.25) is 14.3 Å². The quantitative estimate of drug-likeness (QED) is 0.286. The van der Waals surface area contributed by atoms with Gasteiger partial charge in [-0.25, -0.2) is 9.78 Å². The minimum Gasteiger partial charge on any atom is -0.465 e. The summed E-state index contributed by atoms with van der Waals surface area (Å²) >= 11 is 1.21. The van der Waals surface area contributed by atoms with Gasteiger partial charge in [0.1, 0.15) is 11.4 Å². The molecule has 2 heterocycles. The smallest absolute Gasteiger partial charge is 0.408 e. The number of carboxylic acid groups (broad SMARTS) is 1. The number of halogens is 3. The molecule has 1 aliphatic rings. The van der Waals surface area contributed by atoms with Gasteiger partial charge >= 0.3 is 12.3 Å². The van der Waals surface area contributed by atoms with E-state index in [1.165, 1.54) is 16.2 Å². The van der Waals surface area contributed by atoms with Crippen molar-refractivity contribution in [2.75, 3.05) is 0 Å². The largest absolute Gasteiger partial charge is 0.465 e. The zero-order valence-corrected chi connectivity index (χ0v) is 22.9. The predicted octanol–water partition coefficient (Wildman–Crippen LogP) is 6.48. The number of fused-ring (bicyclic) bond motifs is 1. The van der Waals surface area contributed by atoms with Crippen LogP contribution in [0, 0.1) is 0 Å². The number of nitrogens with zero attached hydrogens (tertiary/aromatic N) is 3. The molecule has 5 rings (SSSR count). The molecule has 7 nitrogen and oxygen atoms in total. The van der Waals surface area contributed by atoms with E-state index < -0.39 is 41.6 Å². The van der Waals surface area contributed by atoms with Crippen LogP contribution in [-0.2, 0) is 12.1 Å². The fourth-order valence-corrected chi connectivity index (χ4v) is 6.89. The first-order chi connectivity index (χ1) is 18.7. The molecule has 2 N–H and O–H groups in total. The lowest BCUT2D eigenvalue weighted by molar-refractivity contribution is -0.141. The number of rotatable bonds is 5. The highest BCUT2D eigenvalue weighted by atomic mass is 32.1. The molecule has 0 aliphatic heterocycles. The van der Waals surface area contributed by atoms with E-state index in [0.717, 1.165) is 11.9 Å². The molecule has 0 spiro atoms. The van der Waals surface area contributed by atoms with Gasteiger partial charge in [0.2, 0.25) is 0 Å². The Morgan fingerprint density at radius 3 is 2.23 bits per heavy atom. The molecule has 0 bridgehead atoms. The summed E-state index contributed by atoms with van der Waals surface area (Å²) in [7, 11) is 0. The molecule has 40 heavy (non-hydrogen) atoms. The van der Waals surface area contributed by atoms with Gasteiger partial charge < -0.3 is 10.2 Å². The highest BCUT2D eigenvalue weighted by Crippen LogP contribution is 2.50. The highest BCUT2D eigenvalue weighted by Gasteiger charge is 2.54. The van der Waals surface area contributed by atoms with Gasteiger partial charge in [-0.15, -0.1) is 11.3 Å². The second-order valence-corrected chi connectivity index (χ2v) is 12.1. The van der Waals surface area contributed by atoms with Crippen molar-refractivity contribution >= 4 is 27.6 Å². The summed E-state index contributed by atoms with van der Waals surface area (Å²) in [5.74, 6) is 0. The zero-order chi connectivity index (χ0) is 29.0. The number of aliphatic hydroxyl groups excluding tert-OH is 1. The van der Waals surface area contributed by atoms with Crippen molar-refractivity contribution in [1.29, 1.82) is 0 Å². The highest BCUT2D eigenvalue weighted by molar-refractivity contribution is 7.22. The molecule has 1 saturated carbocycles. The molecule has 1 aliphatic carbocycles. The summed E-state index contributed by atoms with van der Waals surface area (Å²) in [4.78, 5) is 32.2. The Bertz CT molecular complexity index is 1620. The Kier molecular flexibility index (Phi) is 6.78. The zero-order valence-electron chi connectivity index (χ0n) is 22.1. The van der Waals surface area contributed by atoms with Gasteiger partial charge in [-0.2, -0.15) is 13.2 Å². The molecular formula is C29H28F3N3O4S. The lowest BCUT2D eigenvalue weighted by Crippen LogP contribution is -2.64. The SMILES string of the molecule is CC(C)(C)N(C(=O)O)[C@]1(c2ccc(-c3sc4ncn(CC(F)(F)F)c(=O)c4c3-c3ccccc3)cc2)C[C@@H](O)C1. The topological polar surface area (TPSA) is 95.7 Å². The van der Waals surface area contributed by atoms with E-state index in [1.54, 1.807) is 24.3 Å². The van der Waals surface area contributed by atoms with Gasteiger partial charge in [0.05, 0.1) is 23.4 Å². The number of benzene rings is 2. The average Bonchev–Trinajstić information content (AvgIpc) is 3.24. The lowest BCUT2D eigenvalue weighted by atomic mass is 9.67. The second-order valence-electron chi connectivity index (χ2n) is 11.1. The molecular weight excluding hydrogens is 543 g/mol. The monoisotopic (exact) mass is 571 g/mol. The van der Waals surface area contributed by atoms with Gasteiger partial charge in [-0.05, 0) is 37.5 Å². The van der Waals surface area contributed by atoms with E-state index in [4.69, 9.17) is 0 Å². The van der Waals surface area contributed by atoms with E-state index in [2.05, 4.69) is 4.98 Å². The van der Waals surface area contributed by atoms with E-state index in [9.17, 15) is 33.0 Å². The number of aliphatic hydroxyl groups is 1. The van der Waals surface area contributed by atoms with Crippen LogP contribution in [0.3, 0.4) is 0 Å². The fourth-order valence-electron chi connectivity index (χ4n) is 5.73. The summed E-state index contributed by atoms with van der Waals surface area (Å²) in [6.45, 7) is 3.99. The normalized spacial score (nSPS) is 19.4. The summed E-state index contributed by atoms with van der Waals surface area (Å²) in [5, 5.41) is 20.4. The van der Waals surface area contributed by atoms with Crippen LogP contribution in [0.2, 0.25) is 0 Å². The second kappa shape index (κ2) is 9.74. The molecule has 4 aromatic rings. The van der Waals surface area contributed by atoms with Gasteiger partial charge in [0.15, 0.2) is 0 Å². The maximum Gasteiger partial charge on any atom is 0.408 e. The molecule has 0 radical (unpaired) electrons. The van der Waals surface area contributed by atoms with Crippen LogP contribution >= 0.6 is 11.3 Å². The third-order valence-corrected chi connectivity index (χ3v) is 8.36. The van der Waals surface area contributed by atoms with E-state index in [0.29, 0.717) is 31.0 Å². The number of hydrogen-bond acceptors (Lipinski definition) is 5. The first-order valence-corrected chi connectivity index (χ1v) is 13.5. The molecule has 2 aromatic carbocycles. The third-order valence-electron chi connectivity index (χ3n) is 7.21. The van der Waals surface area contributed by atoms with Crippen LogP contribution in [-0.4, -0.2) is 48.6 Å². The molecule has 0 atom stereocenters. The Balaban J connectivity index is 1.66. The number of amides is 1. The van der Waals surface area contributed by atoms with Crippen LogP contribution < -0.4 is 5.56 Å². The van der Waals surface area contributed by atoms with E-state index in [1.807, 2.05) is 51.1 Å². The Morgan fingerprint density at radius 2 is 1.70 bits per heavy atom. The minimum absolute atomic E-state index is 0.116. The molecule has 210 valence electrons. The molecule has 0 saturated heterocycles. The molecule has 2 aromatic heterocycles. The van der Waals surface area contributed by atoms with Crippen molar-refractivity contribution in [3.63, 3.8) is 0 Å². The number of alkyl halides is 3. The number of carbonyl (C=O) groups is 1. The van der Waals surface area contributed by atoms with E-state index >= 15 is 0 Å². The van der Waals surface area contributed by atoms with Crippen LogP contribution in [0.5, 0.6) is 0 Å². The van der Waals surface area contributed by atoms with Crippen molar-refractivity contribution < 1.29 is 28.2 Å². The molecule has 11 heteroatoms. The number of aromatic nitrogens is 2. The first-order valence-electron chi connectivity index (χ1n) is 12.7. The third kappa shape index (κ3) is 4.88. The van der Waals surface area contributed by atoms with Crippen molar-refractivity contribution in [1.82, 2.24) is 14.5 Å². The number of hydrogen-bond donors (Lipinski definition) is 2. The summed E-state index contributed by atoms with van der Waals surface area (Å²) in [5.41, 5.74) is 0.199. The van der Waals surface area contributed by atoms with Gasteiger partial charge in [0.25, 0.3) is 5.56 Å². The Hall–Kier alpha value is -3.70. The van der Waals surface area contributed by atoms with Crippen molar-refractivity contribution in [2.24, 2.45) is 0 Å². The van der Waals surface area contributed by atoms with E-state index in [-0.39, 0.29) is 18.2 Å². The predicted molar refractivity (Wildman–Crippen MR) is 147 cm³/mol. The van der Waals surface area contributed by atoms with Crippen molar-refractivity contribution in [2.45, 2.75) is 63.5 Å². The number of thiophene rings is 1. The van der Waals surface area contributed by atoms with Gasteiger partial charge in [-0.1, -0.05) is 54.6 Å². The molecule has 0 unspecified atom stereocenters. The molecule has 1 fully saturated rings. The maximum atomic E-state index is 13.3.